The van der Waals surface area contributed by atoms with Gasteiger partial charge in [-0.15, -0.1) is 11.8 Å². The first-order valence-corrected chi connectivity index (χ1v) is 6.92. The van der Waals surface area contributed by atoms with E-state index >= 15 is 0 Å². The molecular weight excluding hydrogens is 240 g/mol. The van der Waals surface area contributed by atoms with Crippen LogP contribution in [-0.2, 0) is 0 Å². The summed E-state index contributed by atoms with van der Waals surface area (Å²) >= 11 is 1.90. The first-order valence-electron chi connectivity index (χ1n) is 5.93. The van der Waals surface area contributed by atoms with Crippen molar-refractivity contribution in [3.63, 3.8) is 0 Å². The maximum Gasteiger partial charge on any atom is 0.118 e. The second-order valence-corrected chi connectivity index (χ2v) is 5.24. The van der Waals surface area contributed by atoms with Gasteiger partial charge >= 0.3 is 0 Å². The van der Waals surface area contributed by atoms with Gasteiger partial charge in [-0.05, 0) is 41.0 Å². The van der Waals surface area contributed by atoms with E-state index in [-0.39, 0.29) is 0 Å². The second-order valence-electron chi connectivity index (χ2n) is 4.22. The highest BCUT2D eigenvalue weighted by molar-refractivity contribution is 7.99. The van der Waals surface area contributed by atoms with Gasteiger partial charge in [0.2, 0.25) is 0 Å². The summed E-state index contributed by atoms with van der Waals surface area (Å²) in [7, 11) is 1.70. The molecule has 0 saturated carbocycles. The zero-order valence-electron chi connectivity index (χ0n) is 10.2. The van der Waals surface area contributed by atoms with Gasteiger partial charge in [0.1, 0.15) is 5.75 Å². The first kappa shape index (κ1) is 11.4. The van der Waals surface area contributed by atoms with Crippen molar-refractivity contribution in [2.24, 2.45) is 0 Å². The van der Waals surface area contributed by atoms with Crippen molar-refractivity contribution >= 4 is 23.4 Å². The van der Waals surface area contributed by atoms with Crippen LogP contribution in [0.4, 0.5) is 0 Å². The fourth-order valence-corrected chi connectivity index (χ4v) is 3.12. The smallest absolute Gasteiger partial charge is 0.118 e. The number of hydrogen-bond acceptors (Lipinski definition) is 2. The topological polar surface area (TPSA) is 9.23 Å². The van der Waals surface area contributed by atoms with Gasteiger partial charge in [0.05, 0.1) is 7.11 Å². The number of hydrogen-bond donors (Lipinski definition) is 0. The molecule has 0 atom stereocenters. The van der Waals surface area contributed by atoms with Crippen LogP contribution in [-0.4, -0.2) is 12.9 Å². The highest BCUT2D eigenvalue weighted by Gasteiger charge is 2.11. The van der Waals surface area contributed by atoms with Crippen LogP contribution in [0, 0.1) is 0 Å². The summed E-state index contributed by atoms with van der Waals surface area (Å²) in [6, 6.07) is 16.8. The van der Waals surface area contributed by atoms with Gasteiger partial charge < -0.3 is 4.74 Å². The lowest BCUT2D eigenvalue weighted by Gasteiger charge is -2.16. The van der Waals surface area contributed by atoms with Crippen molar-refractivity contribution in [3.05, 3.63) is 59.7 Å². The average molecular weight is 254 g/mol. The minimum Gasteiger partial charge on any atom is -0.497 e. The number of fused-ring (bicyclic) bond motifs is 1. The summed E-state index contributed by atoms with van der Waals surface area (Å²) in [4.78, 5) is 1.37. The van der Waals surface area contributed by atoms with Crippen LogP contribution in [0.15, 0.2) is 53.4 Å². The Morgan fingerprint density at radius 3 is 2.56 bits per heavy atom. The summed E-state index contributed by atoms with van der Waals surface area (Å²) < 4.78 is 5.19. The second kappa shape index (κ2) is 4.91. The predicted molar refractivity (Wildman–Crippen MR) is 78.0 cm³/mol. The van der Waals surface area contributed by atoms with E-state index < -0.39 is 0 Å². The van der Waals surface area contributed by atoms with Crippen LogP contribution in [0.5, 0.6) is 5.75 Å². The van der Waals surface area contributed by atoms with Gasteiger partial charge in [-0.2, -0.15) is 0 Å². The van der Waals surface area contributed by atoms with Gasteiger partial charge in [0, 0.05) is 10.6 Å². The molecule has 0 N–H and O–H groups in total. The fourth-order valence-electron chi connectivity index (χ4n) is 2.09. The van der Waals surface area contributed by atoms with E-state index in [4.69, 9.17) is 4.74 Å². The molecule has 0 saturated heterocycles. The van der Waals surface area contributed by atoms with Gasteiger partial charge in [-0.3, -0.25) is 0 Å². The van der Waals surface area contributed by atoms with Gasteiger partial charge in [0.15, 0.2) is 0 Å². The van der Waals surface area contributed by atoms with E-state index in [0.717, 1.165) is 11.5 Å². The SMILES string of the molecule is COc1ccc(C2=Cc3ccccc3SC2)cc1. The Kier molecular flexibility index (Phi) is 3.11. The van der Waals surface area contributed by atoms with Crippen LogP contribution in [0.2, 0.25) is 0 Å². The Morgan fingerprint density at radius 1 is 1.00 bits per heavy atom. The molecule has 1 heterocycles. The Morgan fingerprint density at radius 2 is 1.78 bits per heavy atom. The predicted octanol–water partition coefficient (Wildman–Crippen LogP) is 4.34. The maximum atomic E-state index is 5.19. The fraction of sp³-hybridized carbons (Fsp3) is 0.125. The lowest BCUT2D eigenvalue weighted by atomic mass is 10.0. The first-order chi connectivity index (χ1) is 8.86. The molecule has 2 heteroatoms. The Labute approximate surface area is 111 Å². The summed E-state index contributed by atoms with van der Waals surface area (Å²) in [5, 5.41) is 0. The van der Waals surface area contributed by atoms with E-state index in [0.29, 0.717) is 0 Å². The standard InChI is InChI=1S/C16H14OS/c1-17-15-8-6-12(7-9-15)14-10-13-4-2-3-5-16(13)18-11-14/h2-10H,11H2,1H3. The third-order valence-electron chi connectivity index (χ3n) is 3.09. The lowest BCUT2D eigenvalue weighted by Crippen LogP contribution is -1.95. The minimum absolute atomic E-state index is 0.906. The van der Waals surface area contributed by atoms with Crippen LogP contribution >= 0.6 is 11.8 Å². The largest absolute Gasteiger partial charge is 0.497 e. The molecule has 1 nitrogen and oxygen atoms in total. The van der Waals surface area contributed by atoms with E-state index in [1.54, 1.807) is 7.11 Å². The molecule has 1 aliphatic rings. The molecule has 3 rings (SSSR count). The number of rotatable bonds is 2. The van der Waals surface area contributed by atoms with Crippen molar-refractivity contribution in [3.8, 4) is 5.75 Å². The molecule has 0 fully saturated rings. The van der Waals surface area contributed by atoms with Crippen LogP contribution in [0.3, 0.4) is 0 Å². The molecule has 90 valence electrons. The van der Waals surface area contributed by atoms with E-state index in [2.05, 4.69) is 42.5 Å². The minimum atomic E-state index is 0.906. The van der Waals surface area contributed by atoms with Gasteiger partial charge in [0.25, 0.3) is 0 Å². The molecule has 0 spiro atoms. The number of benzene rings is 2. The summed E-state index contributed by atoms with van der Waals surface area (Å²) in [5.41, 5.74) is 3.97. The lowest BCUT2D eigenvalue weighted by molar-refractivity contribution is 0.415. The van der Waals surface area contributed by atoms with Crippen LogP contribution in [0.25, 0.3) is 11.6 Å². The van der Waals surface area contributed by atoms with Gasteiger partial charge in [-0.1, -0.05) is 30.3 Å². The molecule has 0 unspecified atom stereocenters. The van der Waals surface area contributed by atoms with Crippen molar-refractivity contribution in [1.29, 1.82) is 0 Å². The van der Waals surface area contributed by atoms with Crippen LogP contribution < -0.4 is 4.74 Å². The molecule has 2 aromatic rings. The Balaban J connectivity index is 1.96. The number of ether oxygens (including phenoxy) is 1. The molecule has 0 bridgehead atoms. The number of methoxy groups -OCH3 is 1. The van der Waals surface area contributed by atoms with Gasteiger partial charge in [-0.25, -0.2) is 0 Å². The quantitative estimate of drug-likeness (QED) is 0.788. The molecule has 0 aromatic heterocycles. The molecule has 0 amide bonds. The third-order valence-corrected chi connectivity index (χ3v) is 4.23. The van der Waals surface area contributed by atoms with E-state index in [1.807, 2.05) is 23.9 Å². The highest BCUT2D eigenvalue weighted by Crippen LogP contribution is 2.35. The highest BCUT2D eigenvalue weighted by atomic mass is 32.2. The summed E-state index contributed by atoms with van der Waals surface area (Å²) in [5.74, 6) is 1.94. The third kappa shape index (κ3) is 2.16. The molecule has 0 radical (unpaired) electrons. The molecule has 18 heavy (non-hydrogen) atoms. The normalized spacial score (nSPS) is 13.7. The summed E-state index contributed by atoms with van der Waals surface area (Å²) in [6.07, 6.45) is 2.29. The monoisotopic (exact) mass is 254 g/mol. The zero-order valence-corrected chi connectivity index (χ0v) is 11.0. The maximum absolute atomic E-state index is 5.19. The summed E-state index contributed by atoms with van der Waals surface area (Å²) in [6.45, 7) is 0. The van der Waals surface area contributed by atoms with Crippen LogP contribution in [0.1, 0.15) is 11.1 Å². The average Bonchev–Trinajstić information content (AvgIpc) is 2.47. The molecular formula is C16H14OS. The van der Waals surface area contributed by atoms with Crippen molar-refractivity contribution in [2.75, 3.05) is 12.9 Å². The molecule has 2 aromatic carbocycles. The number of thioether (sulfide) groups is 1. The Bertz CT molecular complexity index is 584. The molecule has 1 aliphatic heterocycles. The Hall–Kier alpha value is -1.67. The zero-order chi connectivity index (χ0) is 12.4. The van der Waals surface area contributed by atoms with E-state index in [1.165, 1.54) is 21.6 Å². The van der Waals surface area contributed by atoms with Crippen molar-refractivity contribution in [1.82, 2.24) is 0 Å². The van der Waals surface area contributed by atoms with Crippen molar-refractivity contribution < 1.29 is 4.74 Å². The van der Waals surface area contributed by atoms with Crippen molar-refractivity contribution in [2.45, 2.75) is 4.90 Å². The van der Waals surface area contributed by atoms with E-state index in [9.17, 15) is 0 Å². The molecule has 0 aliphatic carbocycles.